The maximum absolute atomic E-state index is 13.1. The molecule has 0 aromatic carbocycles. The molecule has 3 saturated heterocycles. The first kappa shape index (κ1) is 22.4. The van der Waals surface area contributed by atoms with Crippen LogP contribution in [-0.2, 0) is 11.8 Å². The quantitative estimate of drug-likeness (QED) is 0.400. The average Bonchev–Trinajstić information content (AvgIpc) is 3.52. The second-order valence-corrected chi connectivity index (χ2v) is 9.79. The number of piperidine rings is 3. The number of carbonyl (C=O) groups excluding carboxylic acids is 2. The monoisotopic (exact) mass is 484 g/mol. The Morgan fingerprint density at radius 1 is 1.06 bits per heavy atom. The van der Waals surface area contributed by atoms with E-state index in [1.807, 2.05) is 26.2 Å². The molecule has 2 amide bonds. The van der Waals surface area contributed by atoms with Gasteiger partial charge in [0.15, 0.2) is 0 Å². The van der Waals surface area contributed by atoms with Gasteiger partial charge in [0.25, 0.3) is 5.91 Å². The number of aryl methyl sites for hydroxylation is 2. The van der Waals surface area contributed by atoms with Gasteiger partial charge >= 0.3 is 0 Å². The van der Waals surface area contributed by atoms with Crippen LogP contribution in [0.2, 0.25) is 0 Å². The van der Waals surface area contributed by atoms with Gasteiger partial charge in [-0.3, -0.25) is 19.3 Å². The summed E-state index contributed by atoms with van der Waals surface area (Å²) in [6.07, 6.45) is 9.02. The van der Waals surface area contributed by atoms with Gasteiger partial charge < -0.3 is 20.5 Å². The van der Waals surface area contributed by atoms with Crippen LogP contribution in [0.3, 0.4) is 0 Å². The van der Waals surface area contributed by atoms with Gasteiger partial charge in [0.2, 0.25) is 5.91 Å². The fraction of sp³-hybridized carbons (Fsp3) is 0.346. The molecule has 184 valence electrons. The highest BCUT2D eigenvalue weighted by Gasteiger charge is 2.38. The molecule has 1 atom stereocenters. The van der Waals surface area contributed by atoms with E-state index in [1.165, 1.54) is 0 Å². The number of rotatable bonds is 5. The zero-order valence-corrected chi connectivity index (χ0v) is 20.3. The van der Waals surface area contributed by atoms with E-state index in [1.54, 1.807) is 35.4 Å². The maximum atomic E-state index is 13.1. The molecule has 0 saturated carbocycles. The molecule has 1 unspecified atom stereocenters. The number of amides is 2. The number of nitrogens with one attached hydrogen (secondary N) is 3. The largest absolute Gasteiger partial charge is 0.339 e. The summed E-state index contributed by atoms with van der Waals surface area (Å²) in [6.45, 7) is 4.81. The van der Waals surface area contributed by atoms with Crippen LogP contribution in [-0.4, -0.2) is 61.1 Å². The molecule has 3 fully saturated rings. The minimum absolute atomic E-state index is 0.00237. The van der Waals surface area contributed by atoms with Crippen molar-refractivity contribution in [2.75, 3.05) is 30.3 Å². The van der Waals surface area contributed by atoms with Crippen LogP contribution in [0.5, 0.6) is 0 Å². The lowest BCUT2D eigenvalue weighted by Crippen LogP contribution is -2.51. The molecule has 3 aliphatic rings. The third-order valence-corrected chi connectivity index (χ3v) is 7.34. The summed E-state index contributed by atoms with van der Waals surface area (Å²) in [7, 11) is 1.86. The molecular formula is C26H28N8O2. The van der Waals surface area contributed by atoms with Crippen molar-refractivity contribution in [3.8, 4) is 11.3 Å². The van der Waals surface area contributed by atoms with Gasteiger partial charge in [-0.2, -0.15) is 5.10 Å². The lowest BCUT2D eigenvalue weighted by atomic mass is 9.78. The highest BCUT2D eigenvalue weighted by Crippen LogP contribution is 2.33. The minimum Gasteiger partial charge on any atom is -0.339 e. The summed E-state index contributed by atoms with van der Waals surface area (Å²) in [6, 6.07) is 5.52. The van der Waals surface area contributed by atoms with E-state index in [0.717, 1.165) is 49.1 Å². The average molecular weight is 485 g/mol. The van der Waals surface area contributed by atoms with E-state index in [4.69, 9.17) is 0 Å². The standard InChI is InChI=1S/C26H28N8O2/c1-15-22(9-20(12-27-15)30-26(36)21-14-34-5-3-16(21)4-6-34)32-25(35)18-7-17-8-23(31-24(17)28-10-18)19-11-29-33(2)13-19/h7-13,16,21H,3-6,14H2,1-2H3,(H,28,31)(H,30,36)(H,32,35). The molecular weight excluding hydrogens is 456 g/mol. The number of carbonyl (C=O) groups is 2. The molecule has 4 aromatic heterocycles. The maximum Gasteiger partial charge on any atom is 0.257 e. The summed E-state index contributed by atoms with van der Waals surface area (Å²) in [5.41, 5.74) is 4.75. The molecule has 10 nitrogen and oxygen atoms in total. The van der Waals surface area contributed by atoms with Crippen LogP contribution in [0, 0.1) is 18.8 Å². The number of aromatic amines is 1. The Kier molecular flexibility index (Phi) is 5.52. The summed E-state index contributed by atoms with van der Waals surface area (Å²) in [4.78, 5) is 40.5. The molecule has 10 heteroatoms. The summed E-state index contributed by atoms with van der Waals surface area (Å²) < 4.78 is 1.73. The number of H-pyrrole nitrogens is 1. The highest BCUT2D eigenvalue weighted by atomic mass is 16.2. The van der Waals surface area contributed by atoms with Gasteiger partial charge in [0.05, 0.1) is 46.6 Å². The predicted molar refractivity (Wildman–Crippen MR) is 137 cm³/mol. The molecule has 3 N–H and O–H groups in total. The fourth-order valence-electron chi connectivity index (χ4n) is 5.27. The van der Waals surface area contributed by atoms with Gasteiger partial charge in [0, 0.05) is 36.9 Å². The van der Waals surface area contributed by atoms with Crippen molar-refractivity contribution in [1.29, 1.82) is 0 Å². The van der Waals surface area contributed by atoms with Crippen LogP contribution >= 0.6 is 0 Å². The zero-order valence-electron chi connectivity index (χ0n) is 20.3. The van der Waals surface area contributed by atoms with E-state index < -0.39 is 0 Å². The van der Waals surface area contributed by atoms with Crippen LogP contribution in [0.25, 0.3) is 22.3 Å². The van der Waals surface area contributed by atoms with Crippen molar-refractivity contribution >= 4 is 34.2 Å². The smallest absolute Gasteiger partial charge is 0.257 e. The van der Waals surface area contributed by atoms with Crippen LogP contribution < -0.4 is 10.6 Å². The van der Waals surface area contributed by atoms with Gasteiger partial charge in [-0.05, 0) is 57.0 Å². The summed E-state index contributed by atoms with van der Waals surface area (Å²) in [5.74, 6) is 0.183. The number of fused-ring (bicyclic) bond motifs is 4. The number of aromatic nitrogens is 5. The lowest BCUT2D eigenvalue weighted by molar-refractivity contribution is -0.125. The molecule has 0 aliphatic carbocycles. The Bertz CT molecular complexity index is 1460. The van der Waals surface area contributed by atoms with Crippen LogP contribution in [0.1, 0.15) is 28.9 Å². The molecule has 7 rings (SSSR count). The normalized spacial score (nSPS) is 21.0. The first-order valence-corrected chi connectivity index (χ1v) is 12.2. The van der Waals surface area contributed by atoms with Crippen molar-refractivity contribution in [3.05, 3.63) is 54.2 Å². The second-order valence-electron chi connectivity index (χ2n) is 9.79. The van der Waals surface area contributed by atoms with Crippen molar-refractivity contribution < 1.29 is 9.59 Å². The number of anilines is 2. The Morgan fingerprint density at radius 3 is 2.61 bits per heavy atom. The SMILES string of the molecule is Cc1ncc(NC(=O)C2CN3CCC2CC3)cc1NC(=O)c1cnc2[nH]c(-c3cnn(C)c3)cc2c1. The van der Waals surface area contributed by atoms with E-state index in [0.29, 0.717) is 34.2 Å². The summed E-state index contributed by atoms with van der Waals surface area (Å²) >= 11 is 0. The molecule has 7 heterocycles. The number of hydrogen-bond acceptors (Lipinski definition) is 6. The molecule has 0 radical (unpaired) electrons. The highest BCUT2D eigenvalue weighted by molar-refractivity contribution is 6.06. The van der Waals surface area contributed by atoms with Crippen LogP contribution in [0.15, 0.2) is 43.0 Å². The zero-order chi connectivity index (χ0) is 24.8. The van der Waals surface area contributed by atoms with Crippen molar-refractivity contribution in [2.24, 2.45) is 18.9 Å². The Balaban J connectivity index is 1.17. The molecule has 3 aliphatic heterocycles. The molecule has 4 aromatic rings. The van der Waals surface area contributed by atoms with Crippen molar-refractivity contribution in [1.82, 2.24) is 29.6 Å². The first-order valence-electron chi connectivity index (χ1n) is 12.2. The lowest BCUT2D eigenvalue weighted by Gasteiger charge is -2.43. The predicted octanol–water partition coefficient (Wildman–Crippen LogP) is 3.20. The van der Waals surface area contributed by atoms with E-state index in [-0.39, 0.29) is 17.7 Å². The summed E-state index contributed by atoms with van der Waals surface area (Å²) in [5, 5.41) is 11.0. The van der Waals surface area contributed by atoms with Crippen molar-refractivity contribution in [2.45, 2.75) is 19.8 Å². The molecule has 0 spiro atoms. The Hall–Kier alpha value is -4.05. The van der Waals surface area contributed by atoms with Crippen LogP contribution in [0.4, 0.5) is 11.4 Å². The third-order valence-electron chi connectivity index (χ3n) is 7.34. The fourth-order valence-corrected chi connectivity index (χ4v) is 5.27. The number of nitrogens with zero attached hydrogens (tertiary/aromatic N) is 5. The third kappa shape index (κ3) is 4.24. The topological polar surface area (TPSA) is 121 Å². The van der Waals surface area contributed by atoms with E-state index in [9.17, 15) is 9.59 Å². The Labute approximate surface area is 208 Å². The molecule has 36 heavy (non-hydrogen) atoms. The number of hydrogen-bond donors (Lipinski definition) is 3. The van der Waals surface area contributed by atoms with Crippen molar-refractivity contribution in [3.63, 3.8) is 0 Å². The first-order chi connectivity index (χ1) is 17.4. The van der Waals surface area contributed by atoms with E-state index >= 15 is 0 Å². The van der Waals surface area contributed by atoms with Gasteiger partial charge in [-0.15, -0.1) is 0 Å². The van der Waals surface area contributed by atoms with Gasteiger partial charge in [-0.25, -0.2) is 4.98 Å². The van der Waals surface area contributed by atoms with Gasteiger partial charge in [-0.1, -0.05) is 0 Å². The Morgan fingerprint density at radius 2 is 1.89 bits per heavy atom. The molecule has 2 bridgehead atoms. The minimum atomic E-state index is -0.292. The second kappa shape index (κ2) is 8.87. The van der Waals surface area contributed by atoms with E-state index in [2.05, 4.69) is 35.6 Å². The number of pyridine rings is 2. The van der Waals surface area contributed by atoms with Gasteiger partial charge in [0.1, 0.15) is 5.65 Å².